The monoisotopic (exact) mass is 358 g/mol. The first-order chi connectivity index (χ1) is 9.29. The number of hydrogen-bond acceptors (Lipinski definition) is 3. The van der Waals surface area contributed by atoms with Crippen molar-refractivity contribution in [3.05, 3.63) is 52.3 Å². The summed E-state index contributed by atoms with van der Waals surface area (Å²) in [6.45, 7) is 1.56. The largest absolute Gasteiger partial charge is 0.398 e. The van der Waals surface area contributed by atoms with Gasteiger partial charge >= 0.3 is 0 Å². The van der Waals surface area contributed by atoms with Gasteiger partial charge in [0.2, 0.25) is 0 Å². The molecule has 4 nitrogen and oxygen atoms in total. The maximum Gasteiger partial charge on any atom is 0.261 e. The van der Waals surface area contributed by atoms with Crippen molar-refractivity contribution in [2.75, 3.05) is 10.5 Å². The Morgan fingerprint density at radius 3 is 2.50 bits per heavy atom. The second kappa shape index (κ2) is 5.41. The Balaban J connectivity index is 2.35. The number of nitrogens with one attached hydrogen (secondary N) is 1. The van der Waals surface area contributed by atoms with Gasteiger partial charge in [-0.1, -0.05) is 0 Å². The van der Waals surface area contributed by atoms with Crippen molar-refractivity contribution in [2.24, 2.45) is 0 Å². The lowest BCUT2D eigenvalue weighted by atomic mass is 10.2. The number of sulfonamides is 1. The Labute approximate surface area is 125 Å². The van der Waals surface area contributed by atoms with Crippen LogP contribution < -0.4 is 10.5 Å². The molecule has 0 fully saturated rings. The van der Waals surface area contributed by atoms with Gasteiger partial charge in [-0.25, -0.2) is 12.8 Å². The van der Waals surface area contributed by atoms with Gasteiger partial charge in [0.15, 0.2) is 0 Å². The molecular weight excluding hydrogens is 347 g/mol. The van der Waals surface area contributed by atoms with E-state index in [4.69, 9.17) is 5.73 Å². The second-order valence-corrected chi connectivity index (χ2v) is 6.79. The molecule has 0 atom stereocenters. The van der Waals surface area contributed by atoms with E-state index in [9.17, 15) is 12.8 Å². The molecule has 0 aromatic heterocycles. The standard InChI is InChI=1S/C13H12BrFN2O2S/c1-8-6-9(2-5-12(8)15)17-20(18,19)10-3-4-11(14)13(16)7-10/h2-7,17H,16H2,1H3. The average molecular weight is 359 g/mol. The molecule has 2 rings (SSSR count). The minimum absolute atomic E-state index is 0.0418. The number of hydrogen-bond donors (Lipinski definition) is 2. The van der Waals surface area contributed by atoms with Crippen LogP contribution in [0.5, 0.6) is 0 Å². The van der Waals surface area contributed by atoms with Crippen molar-refractivity contribution in [3.63, 3.8) is 0 Å². The number of aryl methyl sites for hydroxylation is 1. The van der Waals surface area contributed by atoms with Gasteiger partial charge in [0, 0.05) is 15.8 Å². The highest BCUT2D eigenvalue weighted by atomic mass is 79.9. The van der Waals surface area contributed by atoms with E-state index < -0.39 is 10.0 Å². The van der Waals surface area contributed by atoms with Crippen molar-refractivity contribution in [3.8, 4) is 0 Å². The lowest BCUT2D eigenvalue weighted by Crippen LogP contribution is -2.13. The predicted octanol–water partition coefficient (Wildman–Crippen LogP) is 3.28. The lowest BCUT2D eigenvalue weighted by Gasteiger charge is -2.10. The summed E-state index contributed by atoms with van der Waals surface area (Å²) in [5.41, 5.74) is 6.65. The highest BCUT2D eigenvalue weighted by Crippen LogP contribution is 2.24. The Kier molecular flexibility index (Phi) is 4.01. The van der Waals surface area contributed by atoms with E-state index >= 15 is 0 Å². The van der Waals surface area contributed by atoms with Crippen molar-refractivity contribution >= 4 is 37.3 Å². The van der Waals surface area contributed by atoms with Crippen LogP contribution in [-0.4, -0.2) is 8.42 Å². The summed E-state index contributed by atoms with van der Waals surface area (Å²) in [5.74, 6) is -0.388. The molecule has 106 valence electrons. The minimum atomic E-state index is -3.76. The van der Waals surface area contributed by atoms with Crippen LogP contribution in [0.25, 0.3) is 0 Å². The molecule has 0 spiro atoms. The summed E-state index contributed by atoms with van der Waals surface area (Å²) in [4.78, 5) is 0.0418. The molecule has 2 aromatic rings. The maximum atomic E-state index is 13.2. The van der Waals surface area contributed by atoms with Crippen LogP contribution in [0.4, 0.5) is 15.8 Å². The minimum Gasteiger partial charge on any atom is -0.398 e. The maximum absolute atomic E-state index is 13.2. The molecule has 20 heavy (non-hydrogen) atoms. The molecule has 0 radical (unpaired) electrons. The Morgan fingerprint density at radius 1 is 1.20 bits per heavy atom. The highest BCUT2D eigenvalue weighted by molar-refractivity contribution is 9.10. The van der Waals surface area contributed by atoms with Gasteiger partial charge in [-0.05, 0) is 64.8 Å². The van der Waals surface area contributed by atoms with Gasteiger partial charge in [0.1, 0.15) is 5.82 Å². The average Bonchev–Trinajstić information content (AvgIpc) is 2.37. The summed E-state index contributed by atoms with van der Waals surface area (Å²) in [5, 5.41) is 0. The Bertz CT molecular complexity index is 763. The normalized spacial score (nSPS) is 11.3. The van der Waals surface area contributed by atoms with Crippen LogP contribution in [0.2, 0.25) is 0 Å². The topological polar surface area (TPSA) is 72.2 Å². The first kappa shape index (κ1) is 14.8. The van der Waals surface area contributed by atoms with E-state index in [2.05, 4.69) is 20.7 Å². The molecule has 3 N–H and O–H groups in total. The zero-order valence-electron chi connectivity index (χ0n) is 10.5. The van der Waals surface area contributed by atoms with Gasteiger partial charge in [-0.15, -0.1) is 0 Å². The van der Waals surface area contributed by atoms with Crippen molar-refractivity contribution < 1.29 is 12.8 Å². The van der Waals surface area contributed by atoms with Crippen LogP contribution >= 0.6 is 15.9 Å². The lowest BCUT2D eigenvalue weighted by molar-refractivity contribution is 0.601. The number of halogens is 2. The van der Waals surface area contributed by atoms with E-state index in [1.807, 2.05) is 0 Å². The summed E-state index contributed by atoms with van der Waals surface area (Å²) >= 11 is 3.20. The first-order valence-corrected chi connectivity index (χ1v) is 7.91. The van der Waals surface area contributed by atoms with Crippen molar-refractivity contribution in [1.82, 2.24) is 0 Å². The van der Waals surface area contributed by atoms with E-state index in [0.29, 0.717) is 21.4 Å². The summed E-state index contributed by atoms with van der Waals surface area (Å²) in [6.07, 6.45) is 0. The number of anilines is 2. The fourth-order valence-electron chi connectivity index (χ4n) is 1.61. The van der Waals surface area contributed by atoms with Gasteiger partial charge < -0.3 is 5.73 Å². The quantitative estimate of drug-likeness (QED) is 0.827. The summed E-state index contributed by atoms with van der Waals surface area (Å²) in [7, 11) is -3.76. The van der Waals surface area contributed by atoms with Gasteiger partial charge in [0.25, 0.3) is 10.0 Å². The second-order valence-electron chi connectivity index (χ2n) is 4.25. The van der Waals surface area contributed by atoms with Crippen molar-refractivity contribution in [1.29, 1.82) is 0 Å². The molecule has 0 unspecified atom stereocenters. The van der Waals surface area contributed by atoms with Gasteiger partial charge in [-0.2, -0.15) is 0 Å². The molecule has 7 heteroatoms. The van der Waals surface area contributed by atoms with Crippen molar-refractivity contribution in [2.45, 2.75) is 11.8 Å². The van der Waals surface area contributed by atoms with Crippen LogP contribution in [-0.2, 0) is 10.0 Å². The zero-order valence-corrected chi connectivity index (χ0v) is 12.9. The van der Waals surface area contributed by atoms with Crippen LogP contribution in [0.1, 0.15) is 5.56 Å². The Hall–Kier alpha value is -1.60. The molecule has 2 aromatic carbocycles. The molecule has 0 saturated carbocycles. The highest BCUT2D eigenvalue weighted by Gasteiger charge is 2.15. The smallest absolute Gasteiger partial charge is 0.261 e. The predicted molar refractivity (Wildman–Crippen MR) is 80.5 cm³/mol. The molecule has 0 bridgehead atoms. The number of nitrogens with two attached hydrogens (primary N) is 1. The number of benzene rings is 2. The zero-order chi connectivity index (χ0) is 14.9. The molecule has 0 amide bonds. The van der Waals surface area contributed by atoms with Crippen LogP contribution in [0.3, 0.4) is 0 Å². The summed E-state index contributed by atoms with van der Waals surface area (Å²) < 4.78 is 40.5. The fourth-order valence-corrected chi connectivity index (χ4v) is 2.94. The molecule has 0 aliphatic carbocycles. The molecule has 0 aliphatic rings. The van der Waals surface area contributed by atoms with Crippen LogP contribution in [0.15, 0.2) is 45.8 Å². The Morgan fingerprint density at radius 2 is 1.90 bits per heavy atom. The molecule has 0 saturated heterocycles. The third-order valence-corrected chi connectivity index (χ3v) is 4.79. The van der Waals surface area contributed by atoms with E-state index in [0.717, 1.165) is 0 Å². The van der Waals surface area contributed by atoms with E-state index in [1.54, 1.807) is 13.0 Å². The number of rotatable bonds is 3. The fraction of sp³-hybridized carbons (Fsp3) is 0.0769. The van der Waals surface area contributed by atoms with Gasteiger partial charge in [-0.3, -0.25) is 4.72 Å². The van der Waals surface area contributed by atoms with E-state index in [-0.39, 0.29) is 10.7 Å². The number of nitrogen functional groups attached to an aromatic ring is 1. The third kappa shape index (κ3) is 3.10. The first-order valence-electron chi connectivity index (χ1n) is 5.63. The summed E-state index contributed by atoms with van der Waals surface area (Å²) in [6, 6.07) is 8.34. The third-order valence-electron chi connectivity index (χ3n) is 2.69. The molecule has 0 aliphatic heterocycles. The molecule has 0 heterocycles. The van der Waals surface area contributed by atoms with E-state index in [1.165, 1.54) is 30.3 Å². The molecular formula is C13H12BrFN2O2S. The van der Waals surface area contributed by atoms with Crippen LogP contribution in [0, 0.1) is 12.7 Å². The van der Waals surface area contributed by atoms with Gasteiger partial charge in [0.05, 0.1) is 4.90 Å². The SMILES string of the molecule is Cc1cc(NS(=O)(=O)c2ccc(Br)c(N)c2)ccc1F.